The van der Waals surface area contributed by atoms with Gasteiger partial charge in [0.1, 0.15) is 0 Å². The first-order valence-electron chi connectivity index (χ1n) is 21.6. The molecule has 0 aliphatic rings. The van der Waals surface area contributed by atoms with Crippen molar-refractivity contribution in [3.05, 3.63) is 35.4 Å². The van der Waals surface area contributed by atoms with Gasteiger partial charge in [-0.1, -0.05) is 24.3 Å². The minimum absolute atomic E-state index is 0.0203. The predicted octanol–water partition coefficient (Wildman–Crippen LogP) is 7.32. The number of rotatable bonds is 46. The van der Waals surface area contributed by atoms with E-state index < -0.39 is 60.5 Å². The van der Waals surface area contributed by atoms with Crippen molar-refractivity contribution in [1.82, 2.24) is 0 Å². The number of halogens is 17. The van der Waals surface area contributed by atoms with Crippen LogP contribution in [0.3, 0.4) is 0 Å². The Morgan fingerprint density at radius 3 is 0.775 bits per heavy atom. The molecule has 0 bridgehead atoms. The molecule has 0 aliphatic heterocycles. The molecule has 0 aromatic heterocycles. The summed E-state index contributed by atoms with van der Waals surface area (Å²) in [5.74, 6) is -56.5. The van der Waals surface area contributed by atoms with Gasteiger partial charge in [-0.15, -0.1) is 0 Å². The molecule has 0 heterocycles. The third-order valence-electron chi connectivity index (χ3n) is 9.13. The summed E-state index contributed by atoms with van der Waals surface area (Å²) in [5, 5.41) is 8.58. The fourth-order valence-corrected chi connectivity index (χ4v) is 5.13. The van der Waals surface area contributed by atoms with Crippen molar-refractivity contribution in [2.24, 2.45) is 0 Å². The van der Waals surface area contributed by atoms with Crippen molar-refractivity contribution < 1.29 is 137 Å². The number of aliphatic hydroxyl groups is 1. The number of alkyl halides is 17. The van der Waals surface area contributed by atoms with Crippen LogP contribution in [0.2, 0.25) is 0 Å². The average Bonchev–Trinajstić information content (AvgIpc) is 3.30. The lowest BCUT2D eigenvalue weighted by Gasteiger charge is -2.42. The summed E-state index contributed by atoms with van der Waals surface area (Å²) in [7, 11) is 0. The second-order valence-electron chi connectivity index (χ2n) is 14.5. The second kappa shape index (κ2) is 33.4. The van der Waals surface area contributed by atoms with E-state index in [0.29, 0.717) is 111 Å². The van der Waals surface area contributed by atoms with Gasteiger partial charge in [0.25, 0.3) is 0 Å². The maximum Gasteiger partial charge on any atom is 0.460 e. The molecule has 0 spiro atoms. The van der Waals surface area contributed by atoms with Gasteiger partial charge in [0.05, 0.1) is 165 Å². The molecule has 1 aromatic rings. The van der Waals surface area contributed by atoms with E-state index in [4.69, 9.17) is 61.9 Å². The standard InChI is InChI=1S/C41H59F17O13/c42-34(43,35(44,45)36(46,47)37(48,49)38(50,51)39(52,53)40(54,55)41(56,57)58)6-5-32-1-3-33(4-2-32)31-71-30-29-70-28-27-69-26-25-68-24-23-67-22-21-66-20-19-65-18-17-64-16-15-63-14-13-62-12-11-61-10-9-60-8-7-59/h1-4,59H,5-31H2. The first kappa shape index (κ1) is 66.5. The molecule has 0 radical (unpaired) electrons. The van der Waals surface area contributed by atoms with E-state index in [1.165, 1.54) is 0 Å². The molecule has 1 N–H and O–H groups in total. The van der Waals surface area contributed by atoms with Crippen molar-refractivity contribution in [1.29, 1.82) is 0 Å². The Kier molecular flexibility index (Phi) is 31.3. The summed E-state index contributed by atoms with van der Waals surface area (Å²) in [6.45, 7) is 7.58. The summed E-state index contributed by atoms with van der Waals surface area (Å²) >= 11 is 0. The Hall–Kier alpha value is -2.49. The highest BCUT2D eigenvalue weighted by Crippen LogP contribution is 2.64. The zero-order chi connectivity index (χ0) is 53.6. The van der Waals surface area contributed by atoms with Crippen LogP contribution in [0.5, 0.6) is 0 Å². The summed E-state index contributed by atoms with van der Waals surface area (Å²) in [6.07, 6.45) is -11.7. The minimum atomic E-state index is -8.66. The molecule has 30 heteroatoms. The van der Waals surface area contributed by atoms with Crippen LogP contribution in [0.15, 0.2) is 24.3 Å². The Morgan fingerprint density at radius 1 is 0.282 bits per heavy atom. The number of aryl methyl sites for hydroxylation is 1. The average molecular weight is 1080 g/mol. The lowest BCUT2D eigenvalue weighted by atomic mass is 9.87. The van der Waals surface area contributed by atoms with Gasteiger partial charge in [-0.05, 0) is 17.5 Å². The molecule has 0 atom stereocenters. The van der Waals surface area contributed by atoms with Crippen molar-refractivity contribution in [2.75, 3.05) is 159 Å². The maximum absolute atomic E-state index is 14.3. The second-order valence-corrected chi connectivity index (χ2v) is 14.5. The van der Waals surface area contributed by atoms with Crippen molar-refractivity contribution in [3.63, 3.8) is 0 Å². The molecule has 420 valence electrons. The van der Waals surface area contributed by atoms with Crippen molar-refractivity contribution in [2.45, 2.75) is 67.1 Å². The fourth-order valence-electron chi connectivity index (χ4n) is 5.13. The monoisotopic (exact) mass is 1080 g/mol. The zero-order valence-electron chi connectivity index (χ0n) is 38.2. The van der Waals surface area contributed by atoms with Gasteiger partial charge in [0, 0.05) is 6.42 Å². The first-order valence-corrected chi connectivity index (χ1v) is 21.6. The molecule has 0 saturated carbocycles. The van der Waals surface area contributed by atoms with Crippen LogP contribution in [0.4, 0.5) is 74.6 Å². The summed E-state index contributed by atoms with van der Waals surface area (Å²) in [5.41, 5.74) is -0.0355. The van der Waals surface area contributed by atoms with E-state index in [1.807, 2.05) is 0 Å². The first-order chi connectivity index (χ1) is 33.3. The van der Waals surface area contributed by atoms with Gasteiger partial charge in [-0.3, -0.25) is 0 Å². The van der Waals surface area contributed by atoms with Gasteiger partial charge in [-0.2, -0.15) is 74.6 Å². The number of hydrogen-bond donors (Lipinski definition) is 1. The third kappa shape index (κ3) is 22.1. The fraction of sp³-hybridized carbons (Fsp3) is 0.854. The molecule has 13 nitrogen and oxygen atoms in total. The van der Waals surface area contributed by atoms with Gasteiger partial charge in [-0.25, -0.2) is 0 Å². The van der Waals surface area contributed by atoms with Crippen molar-refractivity contribution in [3.8, 4) is 0 Å². The van der Waals surface area contributed by atoms with Crippen LogP contribution >= 0.6 is 0 Å². The molecule has 0 amide bonds. The largest absolute Gasteiger partial charge is 0.460 e. The van der Waals surface area contributed by atoms with E-state index in [9.17, 15) is 74.6 Å². The Morgan fingerprint density at radius 2 is 0.507 bits per heavy atom. The number of ether oxygens (including phenoxy) is 12. The minimum Gasteiger partial charge on any atom is -0.394 e. The Balaban J connectivity index is 2.08. The summed E-state index contributed by atoms with van der Waals surface area (Å²) in [6, 6.07) is 4.23. The van der Waals surface area contributed by atoms with E-state index in [2.05, 4.69) is 0 Å². The number of aliphatic hydroxyl groups excluding tert-OH is 1. The topological polar surface area (TPSA) is 131 Å². The molecule has 1 rings (SSSR count). The number of hydrogen-bond acceptors (Lipinski definition) is 13. The van der Waals surface area contributed by atoms with E-state index in [-0.39, 0.29) is 65.0 Å². The van der Waals surface area contributed by atoms with Crippen LogP contribution in [-0.2, 0) is 69.9 Å². The van der Waals surface area contributed by atoms with Crippen LogP contribution in [0, 0.1) is 0 Å². The van der Waals surface area contributed by atoms with Crippen LogP contribution in [-0.4, -0.2) is 211 Å². The predicted molar refractivity (Wildman–Crippen MR) is 211 cm³/mol. The molecule has 71 heavy (non-hydrogen) atoms. The van der Waals surface area contributed by atoms with Gasteiger partial charge >= 0.3 is 47.6 Å². The maximum atomic E-state index is 14.3. The highest BCUT2D eigenvalue weighted by atomic mass is 19.4. The molecule has 1 aromatic carbocycles. The lowest BCUT2D eigenvalue weighted by molar-refractivity contribution is -0.461. The molecule has 0 saturated heterocycles. The van der Waals surface area contributed by atoms with E-state index in [1.54, 1.807) is 0 Å². The zero-order valence-corrected chi connectivity index (χ0v) is 38.2. The normalized spacial score (nSPS) is 13.7. The lowest BCUT2D eigenvalue weighted by Crippen LogP contribution is -2.74. The summed E-state index contributed by atoms with van der Waals surface area (Å²) in [4.78, 5) is 0. The van der Waals surface area contributed by atoms with Gasteiger partial charge in [0.2, 0.25) is 0 Å². The van der Waals surface area contributed by atoms with Gasteiger partial charge < -0.3 is 61.9 Å². The Bertz CT molecular complexity index is 1500. The molecular formula is C41H59F17O13. The smallest absolute Gasteiger partial charge is 0.394 e. The third-order valence-corrected chi connectivity index (χ3v) is 9.13. The Labute approximate surface area is 397 Å². The molecular weight excluding hydrogens is 1020 g/mol. The van der Waals surface area contributed by atoms with Crippen LogP contribution in [0.1, 0.15) is 17.5 Å². The van der Waals surface area contributed by atoms with Crippen LogP contribution in [0.25, 0.3) is 0 Å². The highest BCUT2D eigenvalue weighted by Gasteiger charge is 2.95. The van der Waals surface area contributed by atoms with Crippen molar-refractivity contribution >= 4 is 0 Å². The van der Waals surface area contributed by atoms with Crippen LogP contribution < -0.4 is 0 Å². The molecule has 0 unspecified atom stereocenters. The SMILES string of the molecule is OCCOCCOCCOCCOCCOCCOCCOCCOCCOCCOCCOCCOCc1ccc(CCC(F)(F)C(F)(F)C(F)(F)C(F)(F)C(F)(F)C(F)(F)C(F)(F)C(F)(F)F)cc1. The van der Waals surface area contributed by atoms with Gasteiger partial charge in [0.15, 0.2) is 0 Å². The number of benzene rings is 1. The molecule has 0 aliphatic carbocycles. The quantitative estimate of drug-likeness (QED) is 0.0518. The van der Waals surface area contributed by atoms with E-state index >= 15 is 0 Å². The van der Waals surface area contributed by atoms with E-state index in [0.717, 1.165) is 24.3 Å². The summed E-state index contributed by atoms with van der Waals surface area (Å²) < 4.78 is 294. The highest BCUT2D eigenvalue weighted by molar-refractivity contribution is 5.23. The molecule has 0 fully saturated rings.